The molecule has 2 aromatic rings. The maximum Gasteiger partial charge on any atom is 0.138 e. The lowest BCUT2D eigenvalue weighted by Crippen LogP contribution is -2.02. The number of halogens is 2. The Kier molecular flexibility index (Phi) is 2.64. The van der Waals surface area contributed by atoms with Crippen molar-refractivity contribution < 1.29 is 4.39 Å². The summed E-state index contributed by atoms with van der Waals surface area (Å²) >= 11 is 1.91. The molecule has 3 nitrogen and oxygen atoms in total. The smallest absolute Gasteiger partial charge is 0.138 e. The molecule has 78 valence electrons. The van der Waals surface area contributed by atoms with E-state index >= 15 is 0 Å². The Labute approximate surface area is 100 Å². The van der Waals surface area contributed by atoms with Crippen molar-refractivity contribution in [2.45, 2.75) is 6.92 Å². The first-order valence-corrected chi connectivity index (χ1v) is 5.42. The largest absolute Gasteiger partial charge is 0.397 e. The van der Waals surface area contributed by atoms with Crippen LogP contribution in [0.15, 0.2) is 24.5 Å². The molecular weight excluding hydrogens is 308 g/mol. The molecule has 0 aliphatic rings. The molecule has 0 saturated carbocycles. The summed E-state index contributed by atoms with van der Waals surface area (Å²) in [4.78, 5) is 0. The first-order valence-electron chi connectivity index (χ1n) is 4.34. The number of rotatable bonds is 1. The van der Waals surface area contributed by atoms with Crippen LogP contribution in [0.2, 0.25) is 0 Å². The standard InChI is InChI=1S/C10H9FIN3/c1-6-4-14-15(5-6)10-2-7(11)8(12)3-9(10)13/h2-5H,13H2,1H3. The van der Waals surface area contributed by atoms with Crippen molar-refractivity contribution in [3.8, 4) is 5.69 Å². The van der Waals surface area contributed by atoms with Gasteiger partial charge in [0.1, 0.15) is 5.82 Å². The van der Waals surface area contributed by atoms with Crippen LogP contribution in [0.3, 0.4) is 0 Å². The van der Waals surface area contributed by atoms with Crippen LogP contribution in [0.1, 0.15) is 5.56 Å². The summed E-state index contributed by atoms with van der Waals surface area (Å²) in [5, 5.41) is 4.09. The van der Waals surface area contributed by atoms with E-state index in [2.05, 4.69) is 5.10 Å². The highest BCUT2D eigenvalue weighted by Crippen LogP contribution is 2.22. The van der Waals surface area contributed by atoms with Crippen LogP contribution in [-0.4, -0.2) is 9.78 Å². The van der Waals surface area contributed by atoms with Gasteiger partial charge in [0.05, 0.1) is 21.1 Å². The fourth-order valence-corrected chi connectivity index (χ4v) is 1.79. The third kappa shape index (κ3) is 1.97. The van der Waals surface area contributed by atoms with E-state index in [1.54, 1.807) is 23.1 Å². The Bertz CT molecular complexity index is 507. The number of nitrogens with two attached hydrogens (primary N) is 1. The molecule has 0 radical (unpaired) electrons. The van der Waals surface area contributed by atoms with E-state index < -0.39 is 0 Å². The molecule has 0 aliphatic heterocycles. The van der Waals surface area contributed by atoms with E-state index in [0.29, 0.717) is 14.9 Å². The minimum absolute atomic E-state index is 0.284. The molecule has 2 rings (SSSR count). The molecule has 1 aromatic heterocycles. The average molecular weight is 317 g/mol. The fourth-order valence-electron chi connectivity index (χ4n) is 1.29. The summed E-state index contributed by atoms with van der Waals surface area (Å²) in [6, 6.07) is 2.99. The van der Waals surface area contributed by atoms with Crippen LogP contribution in [0.25, 0.3) is 5.69 Å². The van der Waals surface area contributed by atoms with Crippen LogP contribution in [0.4, 0.5) is 10.1 Å². The van der Waals surface area contributed by atoms with Gasteiger partial charge in [0.25, 0.3) is 0 Å². The van der Waals surface area contributed by atoms with Crippen LogP contribution < -0.4 is 5.73 Å². The molecule has 0 amide bonds. The van der Waals surface area contributed by atoms with Gasteiger partial charge in [-0.2, -0.15) is 5.10 Å². The molecule has 0 unspecified atom stereocenters. The average Bonchev–Trinajstić information content (AvgIpc) is 2.58. The fraction of sp³-hybridized carbons (Fsp3) is 0.100. The van der Waals surface area contributed by atoms with Gasteiger partial charge in [-0.1, -0.05) is 0 Å². The van der Waals surface area contributed by atoms with Gasteiger partial charge in [-0.25, -0.2) is 9.07 Å². The number of nitrogen functional groups attached to an aromatic ring is 1. The van der Waals surface area contributed by atoms with Crippen LogP contribution >= 0.6 is 22.6 Å². The summed E-state index contributed by atoms with van der Waals surface area (Å²) < 4.78 is 15.4. The van der Waals surface area contributed by atoms with E-state index in [1.165, 1.54) is 6.07 Å². The van der Waals surface area contributed by atoms with Crippen LogP contribution in [0, 0.1) is 16.3 Å². The lowest BCUT2D eigenvalue weighted by atomic mass is 10.2. The minimum Gasteiger partial charge on any atom is -0.397 e. The summed E-state index contributed by atoms with van der Waals surface area (Å²) in [5.41, 5.74) is 7.89. The molecule has 0 bridgehead atoms. The molecule has 5 heteroatoms. The first-order chi connectivity index (χ1) is 7.08. The molecule has 2 N–H and O–H groups in total. The van der Waals surface area contributed by atoms with Crippen molar-refractivity contribution in [2.24, 2.45) is 0 Å². The molecular formula is C10H9FIN3. The van der Waals surface area contributed by atoms with Crippen molar-refractivity contribution in [1.29, 1.82) is 0 Å². The van der Waals surface area contributed by atoms with Crippen LogP contribution in [0.5, 0.6) is 0 Å². The SMILES string of the molecule is Cc1cnn(-c2cc(F)c(I)cc2N)c1. The van der Waals surface area contributed by atoms with Gasteiger partial charge in [0.15, 0.2) is 0 Å². The molecule has 0 fully saturated rings. The highest BCUT2D eigenvalue weighted by molar-refractivity contribution is 14.1. The third-order valence-corrected chi connectivity index (χ3v) is 2.85. The maximum atomic E-state index is 13.3. The number of aromatic nitrogens is 2. The molecule has 1 aromatic carbocycles. The zero-order valence-corrected chi connectivity index (χ0v) is 10.2. The molecule has 0 spiro atoms. The van der Waals surface area contributed by atoms with Crippen molar-refractivity contribution in [3.05, 3.63) is 39.5 Å². The second-order valence-corrected chi connectivity index (χ2v) is 4.45. The van der Waals surface area contributed by atoms with Crippen molar-refractivity contribution in [2.75, 3.05) is 5.73 Å². The van der Waals surface area contributed by atoms with E-state index in [4.69, 9.17) is 5.73 Å². The third-order valence-electron chi connectivity index (χ3n) is 2.03. The van der Waals surface area contributed by atoms with E-state index in [9.17, 15) is 4.39 Å². The molecule has 0 atom stereocenters. The van der Waals surface area contributed by atoms with Gasteiger partial charge in [-0.05, 0) is 41.1 Å². The molecule has 1 heterocycles. The lowest BCUT2D eigenvalue weighted by molar-refractivity contribution is 0.618. The number of nitrogens with zero attached hydrogens (tertiary/aromatic N) is 2. The quantitative estimate of drug-likeness (QED) is 0.649. The van der Waals surface area contributed by atoms with E-state index in [1.807, 2.05) is 29.5 Å². The summed E-state index contributed by atoms with van der Waals surface area (Å²) in [6.07, 6.45) is 3.51. The van der Waals surface area contributed by atoms with Gasteiger partial charge in [0, 0.05) is 12.3 Å². The molecule has 0 aliphatic carbocycles. The molecule has 0 saturated heterocycles. The van der Waals surface area contributed by atoms with Crippen LogP contribution in [-0.2, 0) is 0 Å². The zero-order valence-electron chi connectivity index (χ0n) is 8.04. The number of anilines is 1. The highest BCUT2D eigenvalue weighted by atomic mass is 127. The lowest BCUT2D eigenvalue weighted by Gasteiger charge is -2.06. The van der Waals surface area contributed by atoms with Crippen molar-refractivity contribution in [1.82, 2.24) is 9.78 Å². The van der Waals surface area contributed by atoms with Gasteiger partial charge in [-0.3, -0.25) is 0 Å². The monoisotopic (exact) mass is 317 g/mol. The van der Waals surface area contributed by atoms with Crippen molar-refractivity contribution >= 4 is 28.3 Å². The van der Waals surface area contributed by atoms with Gasteiger partial charge in [-0.15, -0.1) is 0 Å². The molecule has 15 heavy (non-hydrogen) atoms. The second kappa shape index (κ2) is 3.80. The number of benzene rings is 1. The summed E-state index contributed by atoms with van der Waals surface area (Å²) in [5.74, 6) is -0.284. The summed E-state index contributed by atoms with van der Waals surface area (Å²) in [6.45, 7) is 1.92. The Hall–Kier alpha value is -1.11. The minimum atomic E-state index is -0.284. The maximum absolute atomic E-state index is 13.3. The van der Waals surface area contributed by atoms with Crippen molar-refractivity contribution in [3.63, 3.8) is 0 Å². The predicted octanol–water partition coefficient (Wildman–Crippen LogP) is 2.51. The Balaban J connectivity index is 2.58. The number of aryl methyl sites for hydroxylation is 1. The Morgan fingerprint density at radius 1 is 1.47 bits per heavy atom. The van der Waals surface area contributed by atoms with Gasteiger partial charge >= 0.3 is 0 Å². The summed E-state index contributed by atoms with van der Waals surface area (Å²) in [7, 11) is 0. The van der Waals surface area contributed by atoms with E-state index in [-0.39, 0.29) is 5.82 Å². The zero-order chi connectivity index (χ0) is 11.0. The first kappa shape index (κ1) is 10.4. The second-order valence-electron chi connectivity index (χ2n) is 3.29. The Morgan fingerprint density at radius 2 is 2.20 bits per heavy atom. The number of hydrogen-bond acceptors (Lipinski definition) is 2. The van der Waals surface area contributed by atoms with Gasteiger partial charge < -0.3 is 5.73 Å². The van der Waals surface area contributed by atoms with E-state index in [0.717, 1.165) is 5.56 Å². The Morgan fingerprint density at radius 3 is 2.80 bits per heavy atom. The van der Waals surface area contributed by atoms with Gasteiger partial charge in [0.2, 0.25) is 0 Å². The predicted molar refractivity (Wildman–Crippen MR) is 65.4 cm³/mol. The normalized spacial score (nSPS) is 10.6. The highest BCUT2D eigenvalue weighted by Gasteiger charge is 2.08. The number of hydrogen-bond donors (Lipinski definition) is 1. The topological polar surface area (TPSA) is 43.8 Å².